The minimum atomic E-state index is -0.360. The summed E-state index contributed by atoms with van der Waals surface area (Å²) in [5.41, 5.74) is 2.13. The monoisotopic (exact) mass is 285 g/mol. The molecule has 108 valence electrons. The Kier molecular flexibility index (Phi) is 5.23. The molecule has 0 aliphatic rings. The summed E-state index contributed by atoms with van der Waals surface area (Å²) in [7, 11) is 0. The van der Waals surface area contributed by atoms with Crippen LogP contribution in [0.4, 0.5) is 4.39 Å². The van der Waals surface area contributed by atoms with Crippen LogP contribution in [-0.2, 0) is 17.9 Å². The van der Waals surface area contributed by atoms with Crippen molar-refractivity contribution in [3.8, 4) is 0 Å². The van der Waals surface area contributed by atoms with E-state index in [1.165, 1.54) is 18.2 Å². The molecule has 2 rings (SSSR count). The lowest BCUT2D eigenvalue weighted by atomic mass is 10.1. The van der Waals surface area contributed by atoms with Gasteiger partial charge in [0.1, 0.15) is 5.82 Å². The van der Waals surface area contributed by atoms with Crippen molar-refractivity contribution < 1.29 is 14.3 Å². The number of hydrogen-bond acceptors (Lipinski definition) is 2. The molecule has 0 bridgehead atoms. The van der Waals surface area contributed by atoms with E-state index in [0.29, 0.717) is 12.1 Å². The smallest absolute Gasteiger partial charge is 0.244 e. The molecule has 4 heteroatoms. The van der Waals surface area contributed by atoms with Crippen LogP contribution >= 0.6 is 0 Å². The molecule has 2 N–H and O–H groups in total. The molecule has 0 atom stereocenters. The number of carbonyl (C=O) groups excluding carboxylic acids is 1. The summed E-state index contributed by atoms with van der Waals surface area (Å²) in [4.78, 5) is 11.7. The van der Waals surface area contributed by atoms with Crippen LogP contribution in [-0.4, -0.2) is 11.0 Å². The van der Waals surface area contributed by atoms with Gasteiger partial charge in [-0.3, -0.25) is 4.79 Å². The quantitative estimate of drug-likeness (QED) is 0.830. The first kappa shape index (κ1) is 14.9. The molecular formula is C17H16FNO2. The van der Waals surface area contributed by atoms with Crippen LogP contribution in [0.15, 0.2) is 54.6 Å². The van der Waals surface area contributed by atoms with Gasteiger partial charge in [0, 0.05) is 18.2 Å². The van der Waals surface area contributed by atoms with Crippen LogP contribution in [0, 0.1) is 5.82 Å². The molecule has 0 spiro atoms. The van der Waals surface area contributed by atoms with Crippen LogP contribution in [0.1, 0.15) is 16.7 Å². The predicted molar refractivity (Wildman–Crippen MR) is 79.6 cm³/mol. The normalized spacial score (nSPS) is 10.8. The maximum Gasteiger partial charge on any atom is 0.244 e. The molecule has 0 saturated heterocycles. The van der Waals surface area contributed by atoms with Gasteiger partial charge < -0.3 is 10.4 Å². The number of nitrogens with one attached hydrogen (secondary N) is 1. The Bertz CT molecular complexity index is 635. The number of aliphatic hydroxyl groups is 1. The van der Waals surface area contributed by atoms with Gasteiger partial charge >= 0.3 is 0 Å². The second-order valence-electron chi connectivity index (χ2n) is 4.55. The van der Waals surface area contributed by atoms with E-state index in [0.717, 1.165) is 11.1 Å². The second kappa shape index (κ2) is 7.36. The Labute approximate surface area is 122 Å². The lowest BCUT2D eigenvalue weighted by Crippen LogP contribution is -2.20. The topological polar surface area (TPSA) is 49.3 Å². The lowest BCUT2D eigenvalue weighted by molar-refractivity contribution is -0.116. The first-order valence-electron chi connectivity index (χ1n) is 6.58. The highest BCUT2D eigenvalue weighted by Crippen LogP contribution is 2.08. The average Bonchev–Trinajstić information content (AvgIpc) is 2.52. The molecule has 0 aliphatic carbocycles. The van der Waals surface area contributed by atoms with Crippen molar-refractivity contribution in [2.24, 2.45) is 0 Å². The van der Waals surface area contributed by atoms with Crippen molar-refractivity contribution in [1.82, 2.24) is 5.32 Å². The summed E-state index contributed by atoms with van der Waals surface area (Å²) >= 11 is 0. The fourth-order valence-corrected chi connectivity index (χ4v) is 1.79. The van der Waals surface area contributed by atoms with E-state index < -0.39 is 0 Å². The largest absolute Gasteiger partial charge is 0.392 e. The number of hydrogen-bond donors (Lipinski definition) is 2. The van der Waals surface area contributed by atoms with Gasteiger partial charge in [-0.2, -0.15) is 0 Å². The van der Waals surface area contributed by atoms with Crippen LogP contribution in [0.5, 0.6) is 0 Å². The molecule has 2 aromatic carbocycles. The summed E-state index contributed by atoms with van der Waals surface area (Å²) in [5.74, 6) is -0.648. The van der Waals surface area contributed by atoms with Crippen molar-refractivity contribution in [2.75, 3.05) is 0 Å². The highest BCUT2D eigenvalue weighted by atomic mass is 19.1. The summed E-state index contributed by atoms with van der Waals surface area (Å²) in [6.07, 6.45) is 2.75. The Hall–Kier alpha value is -2.46. The average molecular weight is 285 g/mol. The molecule has 1 amide bonds. The van der Waals surface area contributed by atoms with Crippen LogP contribution < -0.4 is 5.32 Å². The highest BCUT2D eigenvalue weighted by molar-refractivity contribution is 5.91. The van der Waals surface area contributed by atoms with Gasteiger partial charge in [0.15, 0.2) is 0 Å². The number of rotatable bonds is 5. The first-order valence-corrected chi connectivity index (χ1v) is 6.58. The molecule has 0 fully saturated rings. The van der Waals surface area contributed by atoms with Gasteiger partial charge in [0.05, 0.1) is 6.61 Å². The van der Waals surface area contributed by atoms with Gasteiger partial charge in [-0.1, -0.05) is 42.5 Å². The number of amides is 1. The number of aliphatic hydroxyl groups excluding tert-OH is 1. The zero-order valence-corrected chi connectivity index (χ0v) is 11.4. The molecule has 0 aliphatic heterocycles. The summed E-state index contributed by atoms with van der Waals surface area (Å²) in [6.45, 7) is 0.379. The predicted octanol–water partition coefficient (Wildman–Crippen LogP) is 2.65. The minimum absolute atomic E-state index is 0.00197. The fourth-order valence-electron chi connectivity index (χ4n) is 1.79. The zero-order valence-electron chi connectivity index (χ0n) is 11.4. The van der Waals surface area contributed by atoms with Crippen LogP contribution in [0.3, 0.4) is 0 Å². The third kappa shape index (κ3) is 4.54. The Morgan fingerprint density at radius 3 is 2.43 bits per heavy atom. The van der Waals surface area contributed by atoms with Gasteiger partial charge in [0.2, 0.25) is 5.91 Å². The molecule has 2 aromatic rings. The standard InChI is InChI=1S/C17H16FNO2/c18-16-4-2-1-3-15(16)9-10-17(21)19-11-13-5-7-14(12-20)8-6-13/h1-10,20H,11-12H2,(H,19,21)/b10-9+. The maximum absolute atomic E-state index is 13.4. The molecule has 0 saturated carbocycles. The Balaban J connectivity index is 1.88. The second-order valence-corrected chi connectivity index (χ2v) is 4.55. The Morgan fingerprint density at radius 2 is 1.76 bits per heavy atom. The van der Waals surface area contributed by atoms with E-state index in [4.69, 9.17) is 5.11 Å². The van der Waals surface area contributed by atoms with Crippen molar-refractivity contribution in [1.29, 1.82) is 0 Å². The molecule has 0 aromatic heterocycles. The van der Waals surface area contributed by atoms with E-state index in [2.05, 4.69) is 5.32 Å². The zero-order chi connectivity index (χ0) is 15.1. The van der Waals surface area contributed by atoms with E-state index in [-0.39, 0.29) is 18.3 Å². The SMILES string of the molecule is O=C(/C=C/c1ccccc1F)NCc1ccc(CO)cc1. The van der Waals surface area contributed by atoms with Crippen molar-refractivity contribution >= 4 is 12.0 Å². The number of benzene rings is 2. The fraction of sp³-hybridized carbons (Fsp3) is 0.118. The van der Waals surface area contributed by atoms with E-state index in [9.17, 15) is 9.18 Å². The molecule has 3 nitrogen and oxygen atoms in total. The van der Waals surface area contributed by atoms with Gasteiger partial charge in [0.25, 0.3) is 0 Å². The van der Waals surface area contributed by atoms with Gasteiger partial charge in [-0.25, -0.2) is 4.39 Å². The third-order valence-corrected chi connectivity index (χ3v) is 2.99. The lowest BCUT2D eigenvalue weighted by Gasteiger charge is -2.03. The Morgan fingerprint density at radius 1 is 1.10 bits per heavy atom. The van der Waals surface area contributed by atoms with E-state index in [1.54, 1.807) is 30.3 Å². The number of halogens is 1. The molecular weight excluding hydrogens is 269 g/mol. The van der Waals surface area contributed by atoms with Crippen LogP contribution in [0.2, 0.25) is 0 Å². The molecule has 0 unspecified atom stereocenters. The molecule has 0 radical (unpaired) electrons. The van der Waals surface area contributed by atoms with Gasteiger partial charge in [-0.15, -0.1) is 0 Å². The van der Waals surface area contributed by atoms with E-state index in [1.807, 2.05) is 12.1 Å². The maximum atomic E-state index is 13.4. The minimum Gasteiger partial charge on any atom is -0.392 e. The summed E-state index contributed by atoms with van der Waals surface area (Å²) in [6, 6.07) is 13.5. The van der Waals surface area contributed by atoms with E-state index >= 15 is 0 Å². The third-order valence-electron chi connectivity index (χ3n) is 2.99. The summed E-state index contributed by atoms with van der Waals surface area (Å²) < 4.78 is 13.4. The molecule has 21 heavy (non-hydrogen) atoms. The number of carbonyl (C=O) groups is 1. The van der Waals surface area contributed by atoms with Gasteiger partial charge in [-0.05, 0) is 23.3 Å². The van der Waals surface area contributed by atoms with Crippen LogP contribution in [0.25, 0.3) is 6.08 Å². The van der Waals surface area contributed by atoms with Crippen molar-refractivity contribution in [2.45, 2.75) is 13.2 Å². The highest BCUT2D eigenvalue weighted by Gasteiger charge is 1.99. The first-order chi connectivity index (χ1) is 10.2. The molecule has 0 heterocycles. The summed E-state index contributed by atoms with van der Waals surface area (Å²) in [5, 5.41) is 11.7. The van der Waals surface area contributed by atoms with Crippen molar-refractivity contribution in [3.05, 3.63) is 77.1 Å². The van der Waals surface area contributed by atoms with Crippen molar-refractivity contribution in [3.63, 3.8) is 0 Å².